The lowest BCUT2D eigenvalue weighted by Gasteiger charge is -2.32. The maximum absolute atomic E-state index is 12.2. The maximum atomic E-state index is 12.2. The maximum Gasteiger partial charge on any atom is 0.238 e. The normalized spacial score (nSPS) is 17.9. The summed E-state index contributed by atoms with van der Waals surface area (Å²) < 4.78 is 5.29. The molecule has 6 nitrogen and oxygen atoms in total. The second-order valence-electron chi connectivity index (χ2n) is 5.32. The fourth-order valence-electron chi connectivity index (χ4n) is 2.56. The van der Waals surface area contributed by atoms with Gasteiger partial charge in [0, 0.05) is 33.1 Å². The van der Waals surface area contributed by atoms with Crippen LogP contribution >= 0.6 is 0 Å². The summed E-state index contributed by atoms with van der Waals surface area (Å²) in [4.78, 5) is 25.3. The van der Waals surface area contributed by atoms with Crippen molar-refractivity contribution in [2.24, 2.45) is 0 Å². The largest absolute Gasteiger partial charge is 0.496 e. The van der Waals surface area contributed by atoms with Crippen LogP contribution in [0.15, 0.2) is 24.3 Å². The van der Waals surface area contributed by atoms with Gasteiger partial charge in [-0.15, -0.1) is 0 Å². The highest BCUT2D eigenvalue weighted by Gasteiger charge is 2.26. The number of ether oxygens (including phenoxy) is 1. The smallest absolute Gasteiger partial charge is 0.238 e. The molecule has 1 aromatic carbocycles. The molecule has 0 aromatic heterocycles. The summed E-state index contributed by atoms with van der Waals surface area (Å²) in [6.07, 6.45) is 0.707. The predicted molar refractivity (Wildman–Crippen MR) is 83.8 cm³/mol. The van der Waals surface area contributed by atoms with Crippen LogP contribution in [0.2, 0.25) is 0 Å². The van der Waals surface area contributed by atoms with E-state index in [1.165, 1.54) is 6.92 Å². The molecule has 2 amide bonds. The lowest BCUT2D eigenvalue weighted by Crippen LogP contribution is -2.58. The first-order valence-electron chi connectivity index (χ1n) is 7.50. The summed E-state index contributed by atoms with van der Waals surface area (Å²) in [5, 5.41) is 6.06. The third kappa shape index (κ3) is 4.21. The Morgan fingerprint density at radius 2 is 2.18 bits per heavy atom. The first kappa shape index (κ1) is 16.3. The monoisotopic (exact) mass is 305 g/mol. The molecule has 0 radical (unpaired) electrons. The van der Waals surface area contributed by atoms with E-state index in [-0.39, 0.29) is 17.9 Å². The SMILES string of the molecule is COc1ccccc1CCNC(=O)C1CN(C(C)=O)CCN1. The zero-order valence-corrected chi connectivity index (χ0v) is 13.1. The molecule has 0 saturated carbocycles. The predicted octanol–water partition coefficient (Wildman–Crippen LogP) is 0.174. The van der Waals surface area contributed by atoms with Crippen LogP contribution in [0.4, 0.5) is 0 Å². The number of amides is 2. The lowest BCUT2D eigenvalue weighted by molar-refractivity contribution is -0.132. The zero-order chi connectivity index (χ0) is 15.9. The van der Waals surface area contributed by atoms with Gasteiger partial charge in [0.2, 0.25) is 11.8 Å². The topological polar surface area (TPSA) is 70.7 Å². The Labute approximate surface area is 130 Å². The average molecular weight is 305 g/mol. The highest BCUT2D eigenvalue weighted by atomic mass is 16.5. The first-order valence-corrected chi connectivity index (χ1v) is 7.50. The molecule has 120 valence electrons. The molecule has 1 atom stereocenters. The summed E-state index contributed by atoms with van der Waals surface area (Å²) in [5.74, 6) is 0.768. The summed E-state index contributed by atoms with van der Waals surface area (Å²) in [6.45, 7) is 3.79. The molecule has 0 spiro atoms. The van der Waals surface area contributed by atoms with Crippen molar-refractivity contribution in [1.82, 2.24) is 15.5 Å². The molecular weight excluding hydrogens is 282 g/mol. The third-order valence-electron chi connectivity index (χ3n) is 3.82. The van der Waals surface area contributed by atoms with Gasteiger partial charge in [0.15, 0.2) is 0 Å². The van der Waals surface area contributed by atoms with E-state index >= 15 is 0 Å². The Morgan fingerprint density at radius 3 is 2.91 bits per heavy atom. The summed E-state index contributed by atoms with van der Waals surface area (Å²) in [7, 11) is 1.64. The number of carbonyl (C=O) groups is 2. The third-order valence-corrected chi connectivity index (χ3v) is 3.82. The van der Waals surface area contributed by atoms with E-state index in [0.29, 0.717) is 32.6 Å². The number of nitrogens with one attached hydrogen (secondary N) is 2. The standard InChI is InChI=1S/C16H23N3O3/c1-12(20)19-10-9-17-14(11-19)16(21)18-8-7-13-5-3-4-6-15(13)22-2/h3-6,14,17H,7-11H2,1-2H3,(H,18,21). The fourth-order valence-corrected chi connectivity index (χ4v) is 2.56. The summed E-state index contributed by atoms with van der Waals surface area (Å²) in [6, 6.07) is 7.43. The quantitative estimate of drug-likeness (QED) is 0.814. The minimum Gasteiger partial charge on any atom is -0.496 e. The van der Waals surface area contributed by atoms with E-state index in [9.17, 15) is 9.59 Å². The van der Waals surface area contributed by atoms with Gasteiger partial charge in [-0.1, -0.05) is 18.2 Å². The number of benzene rings is 1. The molecule has 2 N–H and O–H groups in total. The molecule has 6 heteroatoms. The average Bonchev–Trinajstić information content (AvgIpc) is 2.55. The van der Waals surface area contributed by atoms with E-state index in [1.807, 2.05) is 24.3 Å². The van der Waals surface area contributed by atoms with Gasteiger partial charge in [0.25, 0.3) is 0 Å². The van der Waals surface area contributed by atoms with Crippen LogP contribution in [0.3, 0.4) is 0 Å². The zero-order valence-electron chi connectivity index (χ0n) is 13.1. The van der Waals surface area contributed by atoms with Crippen molar-refractivity contribution < 1.29 is 14.3 Å². The van der Waals surface area contributed by atoms with Crippen molar-refractivity contribution in [3.05, 3.63) is 29.8 Å². The number of methoxy groups -OCH3 is 1. The number of carbonyl (C=O) groups excluding carboxylic acids is 2. The summed E-state index contributed by atoms with van der Waals surface area (Å²) >= 11 is 0. The number of rotatable bonds is 5. The number of nitrogens with zero attached hydrogens (tertiary/aromatic N) is 1. The van der Waals surface area contributed by atoms with Crippen LogP contribution < -0.4 is 15.4 Å². The van der Waals surface area contributed by atoms with Gasteiger partial charge >= 0.3 is 0 Å². The molecule has 1 aliphatic rings. The second kappa shape index (κ2) is 7.79. The number of hydrogen-bond acceptors (Lipinski definition) is 4. The molecule has 2 rings (SSSR count). The Morgan fingerprint density at radius 1 is 1.41 bits per heavy atom. The molecule has 1 aliphatic heterocycles. The van der Waals surface area contributed by atoms with Crippen molar-refractivity contribution in [1.29, 1.82) is 0 Å². The molecule has 1 unspecified atom stereocenters. The van der Waals surface area contributed by atoms with Crippen LogP contribution in [0, 0.1) is 0 Å². The Hall–Kier alpha value is -2.08. The van der Waals surface area contributed by atoms with Crippen molar-refractivity contribution in [2.45, 2.75) is 19.4 Å². The molecule has 1 heterocycles. The van der Waals surface area contributed by atoms with Crippen molar-refractivity contribution in [3.8, 4) is 5.75 Å². The molecule has 0 aliphatic carbocycles. The number of piperazine rings is 1. The molecule has 1 fully saturated rings. The van der Waals surface area contributed by atoms with Crippen molar-refractivity contribution in [2.75, 3.05) is 33.3 Å². The highest BCUT2D eigenvalue weighted by Crippen LogP contribution is 2.17. The Kier molecular flexibility index (Phi) is 5.77. The Bertz CT molecular complexity index is 533. The molecule has 22 heavy (non-hydrogen) atoms. The molecule has 1 aromatic rings. The Balaban J connectivity index is 1.81. The van der Waals surface area contributed by atoms with E-state index in [0.717, 1.165) is 11.3 Å². The van der Waals surface area contributed by atoms with E-state index in [1.54, 1.807) is 12.0 Å². The van der Waals surface area contributed by atoms with Crippen LogP contribution in [0.25, 0.3) is 0 Å². The van der Waals surface area contributed by atoms with Gasteiger partial charge in [-0.3, -0.25) is 9.59 Å². The van der Waals surface area contributed by atoms with Crippen LogP contribution in [-0.2, 0) is 16.0 Å². The number of hydrogen-bond donors (Lipinski definition) is 2. The second-order valence-corrected chi connectivity index (χ2v) is 5.32. The highest BCUT2D eigenvalue weighted by molar-refractivity contribution is 5.83. The van der Waals surface area contributed by atoms with Crippen LogP contribution in [0.5, 0.6) is 5.75 Å². The first-order chi connectivity index (χ1) is 10.6. The van der Waals surface area contributed by atoms with E-state index < -0.39 is 0 Å². The van der Waals surface area contributed by atoms with Crippen molar-refractivity contribution in [3.63, 3.8) is 0 Å². The van der Waals surface area contributed by atoms with Crippen LogP contribution in [0.1, 0.15) is 12.5 Å². The molecule has 0 bridgehead atoms. The van der Waals surface area contributed by atoms with Gasteiger partial charge in [-0.05, 0) is 18.1 Å². The van der Waals surface area contributed by atoms with Gasteiger partial charge < -0.3 is 20.3 Å². The minimum absolute atomic E-state index is 0.00771. The lowest BCUT2D eigenvalue weighted by atomic mass is 10.1. The molecular formula is C16H23N3O3. The van der Waals surface area contributed by atoms with E-state index in [2.05, 4.69) is 10.6 Å². The minimum atomic E-state index is -0.338. The van der Waals surface area contributed by atoms with Crippen molar-refractivity contribution >= 4 is 11.8 Å². The van der Waals surface area contributed by atoms with Gasteiger partial charge in [0.05, 0.1) is 7.11 Å². The van der Waals surface area contributed by atoms with Gasteiger partial charge in [-0.2, -0.15) is 0 Å². The molecule has 1 saturated heterocycles. The summed E-state index contributed by atoms with van der Waals surface area (Å²) in [5.41, 5.74) is 1.06. The fraction of sp³-hybridized carbons (Fsp3) is 0.500. The van der Waals surface area contributed by atoms with Gasteiger partial charge in [0.1, 0.15) is 11.8 Å². The van der Waals surface area contributed by atoms with E-state index in [4.69, 9.17) is 4.74 Å². The van der Waals surface area contributed by atoms with Gasteiger partial charge in [-0.25, -0.2) is 0 Å². The number of para-hydroxylation sites is 1. The van der Waals surface area contributed by atoms with Crippen LogP contribution in [-0.4, -0.2) is 56.0 Å².